The van der Waals surface area contributed by atoms with Gasteiger partial charge < -0.3 is 10.2 Å². The zero-order valence-electron chi connectivity index (χ0n) is 13.7. The molecule has 1 amide bonds. The van der Waals surface area contributed by atoms with E-state index in [-0.39, 0.29) is 4.80 Å². The maximum absolute atomic E-state index is 12.5. The molecule has 3 rings (SSSR count). The fourth-order valence-electron chi connectivity index (χ4n) is 2.64. The average molecular weight is 391 g/mol. The number of fused-ring (bicyclic) bond motifs is 1. The largest absolute Gasteiger partial charge is 0.480 e. The van der Waals surface area contributed by atoms with Crippen molar-refractivity contribution in [3.05, 3.63) is 63.9 Å². The Morgan fingerprint density at radius 2 is 1.92 bits per heavy atom. The van der Waals surface area contributed by atoms with Crippen LogP contribution in [0.15, 0.2) is 53.5 Å². The monoisotopic (exact) mass is 390 g/mol. The van der Waals surface area contributed by atoms with E-state index in [1.54, 1.807) is 36.4 Å². The lowest BCUT2D eigenvalue weighted by molar-refractivity contribution is -0.144. The summed E-state index contributed by atoms with van der Waals surface area (Å²) in [7, 11) is 0. The van der Waals surface area contributed by atoms with Crippen molar-refractivity contribution in [2.75, 3.05) is 0 Å². The summed E-state index contributed by atoms with van der Waals surface area (Å²) in [4.78, 5) is 28.5. The van der Waals surface area contributed by atoms with E-state index >= 15 is 0 Å². The Bertz CT molecular complexity index is 1050. The minimum Gasteiger partial charge on any atom is -0.480 e. The highest BCUT2D eigenvalue weighted by molar-refractivity contribution is 7.16. The molecule has 1 heterocycles. The Balaban J connectivity index is 2.24. The molecule has 26 heavy (non-hydrogen) atoms. The van der Waals surface area contributed by atoms with Crippen molar-refractivity contribution >= 4 is 45.0 Å². The Hall–Kier alpha value is -2.48. The molecule has 0 bridgehead atoms. The molecule has 8 heteroatoms. The average Bonchev–Trinajstić information content (AvgIpc) is 2.92. The van der Waals surface area contributed by atoms with Gasteiger partial charge in [-0.25, -0.2) is 4.79 Å². The Morgan fingerprint density at radius 1 is 1.19 bits per heavy atom. The minimum absolute atomic E-state index is 0.199. The van der Waals surface area contributed by atoms with Crippen LogP contribution in [0.3, 0.4) is 0 Å². The van der Waals surface area contributed by atoms with E-state index in [1.165, 1.54) is 28.9 Å². The molecule has 0 fully saturated rings. The molecule has 2 unspecified atom stereocenters. The fraction of sp³-hybridized carbons (Fsp3) is 0.167. The van der Waals surface area contributed by atoms with Crippen LogP contribution in [0, 0.1) is 0 Å². The number of amides is 1. The quantitative estimate of drug-likeness (QED) is 0.716. The van der Waals surface area contributed by atoms with Crippen LogP contribution in [0.5, 0.6) is 0 Å². The number of carbonyl (C=O) groups excluding carboxylic acids is 1. The number of nitrogens with zero attached hydrogens (tertiary/aromatic N) is 2. The second-order valence-corrected chi connectivity index (χ2v) is 7.12. The maximum atomic E-state index is 12.5. The minimum atomic E-state index is -1.27. The number of aliphatic hydroxyl groups is 1. The van der Waals surface area contributed by atoms with Gasteiger partial charge in [0, 0.05) is 10.6 Å². The van der Waals surface area contributed by atoms with Crippen LogP contribution < -0.4 is 4.80 Å². The first-order valence-corrected chi connectivity index (χ1v) is 8.93. The third-order valence-electron chi connectivity index (χ3n) is 3.79. The smallest absolute Gasteiger partial charge is 0.329 e. The van der Waals surface area contributed by atoms with Crippen LogP contribution >= 0.6 is 22.9 Å². The molecule has 6 nitrogen and oxygen atoms in total. The predicted molar refractivity (Wildman–Crippen MR) is 99.5 cm³/mol. The zero-order valence-corrected chi connectivity index (χ0v) is 15.2. The highest BCUT2D eigenvalue weighted by Crippen LogP contribution is 2.23. The number of aliphatic hydroxyl groups excluding tert-OH is 1. The summed E-state index contributed by atoms with van der Waals surface area (Å²) < 4.78 is 2.15. The zero-order chi connectivity index (χ0) is 18.8. The first kappa shape index (κ1) is 18.3. The van der Waals surface area contributed by atoms with Gasteiger partial charge >= 0.3 is 5.97 Å². The van der Waals surface area contributed by atoms with Gasteiger partial charge in [0.15, 0.2) is 10.8 Å². The van der Waals surface area contributed by atoms with Crippen molar-refractivity contribution in [3.63, 3.8) is 0 Å². The number of hydrogen-bond acceptors (Lipinski definition) is 4. The van der Waals surface area contributed by atoms with Gasteiger partial charge in [-0.15, -0.1) is 0 Å². The fourth-order valence-corrected chi connectivity index (χ4v) is 3.89. The van der Waals surface area contributed by atoms with Crippen molar-refractivity contribution in [2.45, 2.75) is 19.1 Å². The van der Waals surface area contributed by atoms with Crippen LogP contribution in [-0.2, 0) is 4.79 Å². The van der Waals surface area contributed by atoms with E-state index in [1.807, 2.05) is 6.07 Å². The predicted octanol–water partition coefficient (Wildman–Crippen LogP) is 3.10. The summed E-state index contributed by atoms with van der Waals surface area (Å²) in [5.74, 6) is -1.75. The molecule has 134 valence electrons. The standard InChI is InChI=1S/C18H15ClN2O4S/c1-10(22)15(17(24)25)21-13-7-2-3-8-14(13)26-18(21)20-16(23)11-5-4-6-12(19)9-11/h2-10,15,22H,1H3,(H,24,25). The molecule has 3 aromatic rings. The molecule has 0 aliphatic carbocycles. The molecule has 0 aliphatic rings. The van der Waals surface area contributed by atoms with Gasteiger partial charge in [0.05, 0.1) is 16.3 Å². The number of carboxylic acids is 1. The summed E-state index contributed by atoms with van der Waals surface area (Å²) in [6.45, 7) is 1.39. The molecule has 0 spiro atoms. The molecule has 2 aromatic carbocycles. The molecule has 1 aromatic heterocycles. The number of halogens is 1. The lowest BCUT2D eigenvalue weighted by Gasteiger charge is -2.18. The number of rotatable bonds is 4. The molecule has 0 saturated carbocycles. The summed E-state index contributed by atoms with van der Waals surface area (Å²) in [5.41, 5.74) is 0.883. The SMILES string of the molecule is CC(O)C(C(=O)O)n1c(=NC(=O)c2cccc(Cl)c2)sc2ccccc21. The second kappa shape index (κ2) is 7.41. The topological polar surface area (TPSA) is 91.9 Å². The number of carbonyl (C=O) groups is 2. The highest BCUT2D eigenvalue weighted by Gasteiger charge is 2.28. The van der Waals surface area contributed by atoms with Crippen molar-refractivity contribution in [1.29, 1.82) is 0 Å². The number of hydrogen-bond donors (Lipinski definition) is 2. The Labute approximate surface area is 157 Å². The number of para-hydroxylation sites is 1. The van der Waals surface area contributed by atoms with Crippen molar-refractivity contribution in [1.82, 2.24) is 4.57 Å². The van der Waals surface area contributed by atoms with Gasteiger partial charge in [-0.3, -0.25) is 9.36 Å². The third-order valence-corrected chi connectivity index (χ3v) is 5.06. The number of benzene rings is 2. The van der Waals surface area contributed by atoms with Gasteiger partial charge in [-0.05, 0) is 37.3 Å². The van der Waals surface area contributed by atoms with Crippen LogP contribution in [0.4, 0.5) is 0 Å². The van der Waals surface area contributed by atoms with Gasteiger partial charge in [-0.1, -0.05) is 41.1 Å². The van der Waals surface area contributed by atoms with E-state index < -0.39 is 24.0 Å². The maximum Gasteiger partial charge on any atom is 0.329 e. The van der Waals surface area contributed by atoms with Crippen LogP contribution in [0.25, 0.3) is 10.2 Å². The van der Waals surface area contributed by atoms with Crippen molar-refractivity contribution in [3.8, 4) is 0 Å². The number of carboxylic acid groups (broad SMARTS) is 1. The number of thiazole rings is 1. The number of aliphatic carboxylic acids is 1. The van der Waals surface area contributed by atoms with E-state index in [0.717, 1.165) is 4.70 Å². The summed E-state index contributed by atoms with van der Waals surface area (Å²) in [6.07, 6.45) is -1.18. The third kappa shape index (κ3) is 3.55. The summed E-state index contributed by atoms with van der Waals surface area (Å²) >= 11 is 7.10. The molecule has 0 aliphatic heterocycles. The van der Waals surface area contributed by atoms with Crippen LogP contribution in [-0.4, -0.2) is 32.8 Å². The van der Waals surface area contributed by atoms with Gasteiger partial charge in [-0.2, -0.15) is 4.99 Å². The second-order valence-electron chi connectivity index (χ2n) is 5.67. The molecule has 2 atom stereocenters. The number of aromatic nitrogens is 1. The van der Waals surface area contributed by atoms with Crippen LogP contribution in [0.2, 0.25) is 5.02 Å². The molecular weight excluding hydrogens is 376 g/mol. The Kier molecular flexibility index (Phi) is 5.22. The normalized spacial score (nSPS) is 14.3. The van der Waals surface area contributed by atoms with Gasteiger partial charge in [0.2, 0.25) is 0 Å². The van der Waals surface area contributed by atoms with E-state index in [2.05, 4.69) is 4.99 Å². The summed E-state index contributed by atoms with van der Waals surface area (Å²) in [5, 5.41) is 20.0. The first-order valence-electron chi connectivity index (χ1n) is 7.74. The summed E-state index contributed by atoms with van der Waals surface area (Å²) in [6, 6.07) is 12.2. The lowest BCUT2D eigenvalue weighted by Crippen LogP contribution is -2.34. The van der Waals surface area contributed by atoms with Crippen molar-refractivity contribution < 1.29 is 19.8 Å². The van der Waals surface area contributed by atoms with Crippen molar-refractivity contribution in [2.24, 2.45) is 4.99 Å². The van der Waals surface area contributed by atoms with Gasteiger partial charge in [0.25, 0.3) is 5.91 Å². The highest BCUT2D eigenvalue weighted by atomic mass is 35.5. The Morgan fingerprint density at radius 3 is 2.58 bits per heavy atom. The first-order chi connectivity index (χ1) is 12.4. The van der Waals surface area contributed by atoms with E-state index in [4.69, 9.17) is 11.6 Å². The lowest BCUT2D eigenvalue weighted by atomic mass is 10.1. The van der Waals surface area contributed by atoms with Crippen LogP contribution in [0.1, 0.15) is 23.3 Å². The van der Waals surface area contributed by atoms with E-state index in [0.29, 0.717) is 16.1 Å². The van der Waals surface area contributed by atoms with Gasteiger partial charge in [0.1, 0.15) is 0 Å². The van der Waals surface area contributed by atoms with E-state index in [9.17, 15) is 19.8 Å². The molecule has 0 saturated heterocycles. The molecular formula is C18H15ClN2O4S. The molecule has 0 radical (unpaired) electrons. The molecule has 2 N–H and O–H groups in total.